The van der Waals surface area contributed by atoms with E-state index in [2.05, 4.69) is 82.4 Å². The first-order valence-electron chi connectivity index (χ1n) is 11.5. The van der Waals surface area contributed by atoms with E-state index < -0.39 is 0 Å². The Labute approximate surface area is 188 Å². The lowest BCUT2D eigenvalue weighted by molar-refractivity contribution is 0.287. The van der Waals surface area contributed by atoms with Gasteiger partial charge in [-0.3, -0.25) is 0 Å². The van der Waals surface area contributed by atoms with Crippen LogP contribution in [0.5, 0.6) is 0 Å². The number of rotatable bonds is 5. The van der Waals surface area contributed by atoms with Crippen molar-refractivity contribution in [1.29, 1.82) is 5.26 Å². The molecule has 3 rings (SSSR count). The van der Waals surface area contributed by atoms with Gasteiger partial charge in [-0.2, -0.15) is 5.26 Å². The van der Waals surface area contributed by atoms with Crippen LogP contribution in [0.25, 0.3) is 5.57 Å². The number of hydrogen-bond donors (Lipinski definition) is 2. The molecule has 1 heterocycles. The molecule has 0 radical (unpaired) electrons. The van der Waals surface area contributed by atoms with Gasteiger partial charge < -0.3 is 10.4 Å². The van der Waals surface area contributed by atoms with Crippen LogP contribution >= 0.6 is 0 Å². The van der Waals surface area contributed by atoms with E-state index >= 15 is 0 Å². The fraction of sp³-hybridized carbons (Fsp3) is 0.464. The summed E-state index contributed by atoms with van der Waals surface area (Å²) in [6, 6.07) is 13.1. The number of nitrogens with zero attached hydrogens (tertiary/aromatic N) is 1. The van der Waals surface area contributed by atoms with Crippen molar-refractivity contribution in [3.8, 4) is 6.07 Å². The molecule has 1 aliphatic rings. The number of aliphatic hydroxyl groups excluding tert-OH is 1. The Hall–Kier alpha value is -2.57. The molecule has 0 saturated heterocycles. The van der Waals surface area contributed by atoms with Gasteiger partial charge in [0.15, 0.2) is 0 Å². The number of fused-ring (bicyclic) bond motifs is 1. The molecular weight excluding hydrogens is 380 g/mol. The van der Waals surface area contributed by atoms with Crippen molar-refractivity contribution in [2.75, 3.05) is 11.9 Å². The second kappa shape index (κ2) is 11.2. The molecule has 2 N–H and O–H groups in total. The molecule has 2 aromatic rings. The molecule has 3 heteroatoms. The third kappa shape index (κ3) is 6.21. The summed E-state index contributed by atoms with van der Waals surface area (Å²) in [7, 11) is 0. The highest BCUT2D eigenvalue weighted by Gasteiger charge is 2.26. The summed E-state index contributed by atoms with van der Waals surface area (Å²) in [4.78, 5) is 0. The summed E-state index contributed by atoms with van der Waals surface area (Å²) < 4.78 is 0. The highest BCUT2D eigenvalue weighted by atomic mass is 16.2. The summed E-state index contributed by atoms with van der Waals surface area (Å²) in [5.74, 6) is 0. The molecule has 0 saturated carbocycles. The summed E-state index contributed by atoms with van der Waals surface area (Å²) >= 11 is 0. The Morgan fingerprint density at radius 3 is 2.48 bits per heavy atom. The lowest BCUT2D eigenvalue weighted by Crippen LogP contribution is -2.35. The van der Waals surface area contributed by atoms with Gasteiger partial charge in [-0.25, -0.2) is 0 Å². The Morgan fingerprint density at radius 2 is 1.90 bits per heavy atom. The minimum Gasteiger partial charge on any atom is -0.396 e. The van der Waals surface area contributed by atoms with Crippen LogP contribution in [0.15, 0.2) is 36.4 Å². The molecule has 0 unspecified atom stereocenters. The number of nitrogens with one attached hydrogen (secondary N) is 1. The van der Waals surface area contributed by atoms with Gasteiger partial charge in [-0.15, -0.1) is 0 Å². The van der Waals surface area contributed by atoms with Crippen molar-refractivity contribution in [3.63, 3.8) is 0 Å². The van der Waals surface area contributed by atoms with E-state index in [1.165, 1.54) is 33.5 Å². The Kier molecular flexibility index (Phi) is 8.89. The fourth-order valence-electron chi connectivity index (χ4n) is 4.08. The maximum absolute atomic E-state index is 9.49. The molecule has 0 bridgehead atoms. The minimum absolute atomic E-state index is 0.133. The molecule has 0 aliphatic carbocycles. The monoisotopic (exact) mass is 418 g/mol. The second-order valence-electron chi connectivity index (χ2n) is 9.04. The van der Waals surface area contributed by atoms with Crippen molar-refractivity contribution >= 4 is 11.3 Å². The summed E-state index contributed by atoms with van der Waals surface area (Å²) in [6.07, 6.45) is 7.49. The molecule has 3 nitrogen and oxygen atoms in total. The van der Waals surface area contributed by atoms with Gasteiger partial charge in [0.1, 0.15) is 0 Å². The predicted molar refractivity (Wildman–Crippen MR) is 132 cm³/mol. The van der Waals surface area contributed by atoms with Gasteiger partial charge in [0.2, 0.25) is 0 Å². The van der Waals surface area contributed by atoms with Crippen LogP contribution < -0.4 is 5.32 Å². The van der Waals surface area contributed by atoms with Gasteiger partial charge in [0.25, 0.3) is 0 Å². The van der Waals surface area contributed by atoms with Crippen LogP contribution in [0.2, 0.25) is 0 Å². The van der Waals surface area contributed by atoms with Crippen molar-refractivity contribution in [1.82, 2.24) is 0 Å². The molecular formula is C28H38N2O. The number of anilines is 1. The summed E-state index contributed by atoms with van der Waals surface area (Å²) in [6.45, 7) is 13.2. The van der Waals surface area contributed by atoms with Crippen LogP contribution in [0.4, 0.5) is 5.69 Å². The molecule has 0 amide bonds. The smallest absolute Gasteiger partial charge is 0.0994 e. The van der Waals surface area contributed by atoms with E-state index in [-0.39, 0.29) is 5.54 Å². The van der Waals surface area contributed by atoms with E-state index in [0.717, 1.165) is 43.2 Å². The number of nitriles is 1. The third-order valence-electron chi connectivity index (χ3n) is 5.84. The number of benzene rings is 2. The molecule has 0 aromatic heterocycles. The molecule has 166 valence electrons. The van der Waals surface area contributed by atoms with Gasteiger partial charge >= 0.3 is 0 Å². The standard InChI is InChI=1S/C24H28N2.C4H10O/c1-6-8-19(22-14-18(15-25)16(2)13-17(22)3)20-9-7-10-23-21(20)11-12-24(4,5)26-23;1-2-3-4-5/h7-10,13-14,26H,6,11-12H2,1-5H3;5H,2-4H2,1H3/b19-8-;. The number of unbranched alkanes of at least 4 members (excludes halogenated alkanes) is 1. The Morgan fingerprint density at radius 1 is 1.16 bits per heavy atom. The van der Waals surface area contributed by atoms with Crippen LogP contribution in [0, 0.1) is 25.2 Å². The van der Waals surface area contributed by atoms with Crippen LogP contribution in [-0.4, -0.2) is 17.3 Å². The van der Waals surface area contributed by atoms with Crippen molar-refractivity contribution in [2.24, 2.45) is 0 Å². The lowest BCUT2D eigenvalue weighted by Gasteiger charge is -2.35. The first-order valence-corrected chi connectivity index (χ1v) is 11.5. The third-order valence-corrected chi connectivity index (χ3v) is 5.84. The zero-order valence-electron chi connectivity index (χ0n) is 20.1. The highest BCUT2D eigenvalue weighted by Crippen LogP contribution is 2.38. The van der Waals surface area contributed by atoms with Crippen LogP contribution in [0.1, 0.15) is 86.8 Å². The van der Waals surface area contributed by atoms with E-state index in [1.807, 2.05) is 6.92 Å². The number of allylic oxidation sites excluding steroid dienone is 1. The first-order chi connectivity index (χ1) is 14.8. The van der Waals surface area contributed by atoms with Crippen molar-refractivity contribution in [3.05, 3.63) is 69.8 Å². The zero-order valence-corrected chi connectivity index (χ0v) is 20.1. The quantitative estimate of drug-likeness (QED) is 0.553. The van der Waals surface area contributed by atoms with Gasteiger partial charge in [0.05, 0.1) is 11.6 Å². The normalized spacial score (nSPS) is 14.6. The maximum Gasteiger partial charge on any atom is 0.0994 e. The lowest BCUT2D eigenvalue weighted by atomic mass is 9.82. The van der Waals surface area contributed by atoms with Crippen LogP contribution in [-0.2, 0) is 6.42 Å². The highest BCUT2D eigenvalue weighted by molar-refractivity contribution is 5.86. The fourth-order valence-corrected chi connectivity index (χ4v) is 4.08. The van der Waals surface area contributed by atoms with Gasteiger partial charge in [0, 0.05) is 17.8 Å². The molecule has 1 aliphatic heterocycles. The van der Waals surface area contributed by atoms with Gasteiger partial charge in [-0.1, -0.05) is 44.5 Å². The number of aryl methyl sites for hydroxylation is 2. The van der Waals surface area contributed by atoms with Crippen molar-refractivity contribution in [2.45, 2.75) is 79.2 Å². The summed E-state index contributed by atoms with van der Waals surface area (Å²) in [5.41, 5.74) is 9.52. The minimum atomic E-state index is 0.133. The largest absolute Gasteiger partial charge is 0.396 e. The van der Waals surface area contributed by atoms with E-state index in [1.54, 1.807) is 0 Å². The molecule has 31 heavy (non-hydrogen) atoms. The van der Waals surface area contributed by atoms with E-state index in [9.17, 15) is 5.26 Å². The summed E-state index contributed by atoms with van der Waals surface area (Å²) in [5, 5.41) is 21.2. The zero-order chi connectivity index (χ0) is 23.0. The molecule has 2 aromatic carbocycles. The molecule has 0 fully saturated rings. The average Bonchev–Trinajstić information content (AvgIpc) is 2.72. The Bertz CT molecular complexity index is 962. The van der Waals surface area contributed by atoms with E-state index in [4.69, 9.17) is 5.11 Å². The maximum atomic E-state index is 9.49. The van der Waals surface area contributed by atoms with Crippen LogP contribution in [0.3, 0.4) is 0 Å². The molecule has 0 atom stereocenters. The SMILES string of the molecule is CC/C=C(\c1cc(C#N)c(C)cc1C)c1cccc2c1CCC(C)(C)N2.CCCCO. The topological polar surface area (TPSA) is 56.0 Å². The average molecular weight is 419 g/mol. The molecule has 0 spiro atoms. The number of aliphatic hydroxyl groups is 1. The Balaban J connectivity index is 0.000000614. The second-order valence-corrected chi connectivity index (χ2v) is 9.04. The van der Waals surface area contributed by atoms with Gasteiger partial charge in [-0.05, 0) is 98.9 Å². The number of hydrogen-bond acceptors (Lipinski definition) is 3. The van der Waals surface area contributed by atoms with Crippen molar-refractivity contribution < 1.29 is 5.11 Å². The van der Waals surface area contributed by atoms with E-state index in [0.29, 0.717) is 6.61 Å². The first kappa shape index (κ1) is 24.7. The predicted octanol–water partition coefficient (Wildman–Crippen LogP) is 6.93.